The number of aromatic nitrogens is 1. The third kappa shape index (κ3) is 4.56. The van der Waals surface area contributed by atoms with Gasteiger partial charge in [-0.25, -0.2) is 0 Å². The van der Waals surface area contributed by atoms with E-state index >= 15 is 0 Å². The van der Waals surface area contributed by atoms with Crippen molar-refractivity contribution < 1.29 is 4.79 Å². The molecule has 0 spiro atoms. The van der Waals surface area contributed by atoms with Gasteiger partial charge in [-0.1, -0.05) is 50.2 Å². The Hall–Kier alpha value is -2.42. The quantitative estimate of drug-likeness (QED) is 0.855. The van der Waals surface area contributed by atoms with Gasteiger partial charge in [0.2, 0.25) is 5.91 Å². The average Bonchev–Trinajstić information content (AvgIpc) is 2.53. The molecule has 0 aliphatic carbocycles. The minimum atomic E-state index is -0.0982. The van der Waals surface area contributed by atoms with Crippen molar-refractivity contribution in [1.82, 2.24) is 10.3 Å². The molecule has 0 atom stereocenters. The molecule has 0 radical (unpaired) electrons. The van der Waals surface area contributed by atoms with Gasteiger partial charge in [0.1, 0.15) is 0 Å². The van der Waals surface area contributed by atoms with Crippen LogP contribution in [0.3, 0.4) is 0 Å². The largest absolute Gasteiger partial charge is 0.352 e. The molecule has 0 aliphatic rings. The summed E-state index contributed by atoms with van der Waals surface area (Å²) in [6, 6.07) is 13.9. The number of carbonyl (C=O) groups excluding carboxylic acids is 1. The third-order valence-electron chi connectivity index (χ3n) is 3.37. The van der Waals surface area contributed by atoms with Crippen molar-refractivity contribution in [3.8, 4) is 0 Å². The predicted octanol–water partition coefficient (Wildman–Crippen LogP) is 3.19. The lowest BCUT2D eigenvalue weighted by Gasteiger charge is -2.25. The van der Waals surface area contributed by atoms with Crippen LogP contribution in [0, 0.1) is 0 Å². The summed E-state index contributed by atoms with van der Waals surface area (Å²) < 4.78 is 0. The van der Waals surface area contributed by atoms with E-state index in [1.807, 2.05) is 30.3 Å². The Morgan fingerprint density at radius 2 is 1.95 bits per heavy atom. The van der Waals surface area contributed by atoms with Crippen molar-refractivity contribution in [3.05, 3.63) is 72.1 Å². The van der Waals surface area contributed by atoms with Crippen LogP contribution >= 0.6 is 0 Å². The Labute approximate surface area is 125 Å². The zero-order valence-electron chi connectivity index (χ0n) is 12.4. The van der Waals surface area contributed by atoms with E-state index in [0.29, 0.717) is 6.54 Å². The Morgan fingerprint density at radius 3 is 2.62 bits per heavy atom. The number of nitrogens with one attached hydrogen (secondary N) is 1. The van der Waals surface area contributed by atoms with E-state index in [-0.39, 0.29) is 11.3 Å². The van der Waals surface area contributed by atoms with E-state index < -0.39 is 0 Å². The minimum Gasteiger partial charge on any atom is -0.352 e. The van der Waals surface area contributed by atoms with Gasteiger partial charge < -0.3 is 5.32 Å². The maximum absolute atomic E-state index is 11.9. The molecule has 3 heteroatoms. The Morgan fingerprint density at radius 1 is 1.19 bits per heavy atom. The Bertz CT molecular complexity index is 604. The molecule has 0 fully saturated rings. The zero-order valence-corrected chi connectivity index (χ0v) is 12.4. The molecule has 0 saturated carbocycles. The highest BCUT2D eigenvalue weighted by Crippen LogP contribution is 2.21. The highest BCUT2D eigenvalue weighted by Gasteiger charge is 2.20. The molecule has 0 bridgehead atoms. The molecule has 1 aromatic carbocycles. The van der Waals surface area contributed by atoms with Crippen LogP contribution in [0.4, 0.5) is 0 Å². The summed E-state index contributed by atoms with van der Waals surface area (Å²) in [5.74, 6) is -0.0946. The fraction of sp³-hybridized carbons (Fsp3) is 0.222. The highest BCUT2D eigenvalue weighted by atomic mass is 16.1. The molecule has 3 nitrogen and oxygen atoms in total. The normalized spacial score (nSPS) is 11.5. The molecular weight excluding hydrogens is 260 g/mol. The van der Waals surface area contributed by atoms with E-state index in [1.54, 1.807) is 18.5 Å². The fourth-order valence-electron chi connectivity index (χ4n) is 2.00. The van der Waals surface area contributed by atoms with Crippen LogP contribution in [0.15, 0.2) is 60.9 Å². The predicted molar refractivity (Wildman–Crippen MR) is 85.7 cm³/mol. The smallest absolute Gasteiger partial charge is 0.244 e. The SMILES string of the molecule is CC(C)(CNC(=O)C=Cc1cccnc1)c1ccccc1. The highest BCUT2D eigenvalue weighted by molar-refractivity contribution is 5.91. The topological polar surface area (TPSA) is 42.0 Å². The first kappa shape index (κ1) is 15.0. The van der Waals surface area contributed by atoms with Gasteiger partial charge in [0, 0.05) is 30.4 Å². The summed E-state index contributed by atoms with van der Waals surface area (Å²) in [5, 5.41) is 2.95. The van der Waals surface area contributed by atoms with Crippen LogP contribution in [0.5, 0.6) is 0 Å². The molecule has 2 rings (SSSR count). The third-order valence-corrected chi connectivity index (χ3v) is 3.37. The summed E-state index contributed by atoms with van der Waals surface area (Å²) in [7, 11) is 0. The van der Waals surface area contributed by atoms with Crippen LogP contribution in [0.1, 0.15) is 25.0 Å². The van der Waals surface area contributed by atoms with E-state index in [1.165, 1.54) is 11.6 Å². The van der Waals surface area contributed by atoms with Gasteiger partial charge in [-0.2, -0.15) is 0 Å². The lowest BCUT2D eigenvalue weighted by molar-refractivity contribution is -0.116. The van der Waals surface area contributed by atoms with E-state index in [2.05, 4.69) is 36.3 Å². The van der Waals surface area contributed by atoms with Crippen molar-refractivity contribution >= 4 is 12.0 Å². The minimum absolute atomic E-state index is 0.0946. The number of nitrogens with zero attached hydrogens (tertiary/aromatic N) is 1. The second-order valence-electron chi connectivity index (χ2n) is 5.59. The molecular formula is C18H20N2O. The zero-order chi connectivity index (χ0) is 15.1. The summed E-state index contributed by atoms with van der Waals surface area (Å²) in [6.07, 6.45) is 6.73. The van der Waals surface area contributed by atoms with Crippen molar-refractivity contribution in [2.24, 2.45) is 0 Å². The second kappa shape index (κ2) is 6.84. The Kier molecular flexibility index (Phi) is 4.88. The van der Waals surface area contributed by atoms with Crippen LogP contribution in [0.2, 0.25) is 0 Å². The van der Waals surface area contributed by atoms with Crippen LogP contribution in [-0.2, 0) is 10.2 Å². The average molecular weight is 280 g/mol. The second-order valence-corrected chi connectivity index (χ2v) is 5.59. The van der Waals surface area contributed by atoms with Crippen molar-refractivity contribution in [2.45, 2.75) is 19.3 Å². The van der Waals surface area contributed by atoms with Gasteiger partial charge in [0.15, 0.2) is 0 Å². The number of hydrogen-bond acceptors (Lipinski definition) is 2. The van der Waals surface area contributed by atoms with Crippen molar-refractivity contribution in [2.75, 3.05) is 6.54 Å². The fourth-order valence-corrected chi connectivity index (χ4v) is 2.00. The molecule has 21 heavy (non-hydrogen) atoms. The van der Waals surface area contributed by atoms with E-state index in [4.69, 9.17) is 0 Å². The summed E-state index contributed by atoms with van der Waals surface area (Å²) in [4.78, 5) is 15.9. The summed E-state index contributed by atoms with van der Waals surface area (Å²) >= 11 is 0. The van der Waals surface area contributed by atoms with Crippen molar-refractivity contribution in [3.63, 3.8) is 0 Å². The first-order valence-corrected chi connectivity index (χ1v) is 6.99. The molecule has 1 N–H and O–H groups in total. The number of pyridine rings is 1. The summed E-state index contributed by atoms with van der Waals surface area (Å²) in [6.45, 7) is 4.83. The number of carbonyl (C=O) groups is 1. The van der Waals surface area contributed by atoms with Crippen LogP contribution < -0.4 is 5.32 Å². The first-order chi connectivity index (χ1) is 10.1. The van der Waals surface area contributed by atoms with Crippen LogP contribution in [-0.4, -0.2) is 17.4 Å². The number of rotatable bonds is 5. The molecule has 0 aliphatic heterocycles. The lowest BCUT2D eigenvalue weighted by atomic mass is 9.84. The lowest BCUT2D eigenvalue weighted by Crippen LogP contribution is -2.35. The number of benzene rings is 1. The van der Waals surface area contributed by atoms with E-state index in [0.717, 1.165) is 5.56 Å². The van der Waals surface area contributed by atoms with Gasteiger partial charge in [0.25, 0.3) is 0 Å². The van der Waals surface area contributed by atoms with Gasteiger partial charge in [-0.15, -0.1) is 0 Å². The number of amides is 1. The molecule has 1 amide bonds. The maximum atomic E-state index is 11.9. The number of hydrogen-bond donors (Lipinski definition) is 1. The standard InChI is InChI=1S/C18H20N2O/c1-18(2,16-8-4-3-5-9-16)14-20-17(21)11-10-15-7-6-12-19-13-15/h3-13H,14H2,1-2H3,(H,20,21). The van der Waals surface area contributed by atoms with Gasteiger partial charge >= 0.3 is 0 Å². The van der Waals surface area contributed by atoms with Gasteiger partial charge in [-0.05, 0) is 23.3 Å². The molecule has 2 aromatic rings. The monoisotopic (exact) mass is 280 g/mol. The van der Waals surface area contributed by atoms with E-state index in [9.17, 15) is 4.79 Å². The molecule has 0 unspecified atom stereocenters. The van der Waals surface area contributed by atoms with Crippen molar-refractivity contribution in [1.29, 1.82) is 0 Å². The molecule has 1 aromatic heterocycles. The van der Waals surface area contributed by atoms with Gasteiger partial charge in [-0.3, -0.25) is 9.78 Å². The molecule has 1 heterocycles. The molecule has 108 valence electrons. The Balaban J connectivity index is 1.91. The first-order valence-electron chi connectivity index (χ1n) is 6.99. The summed E-state index contributed by atoms with van der Waals surface area (Å²) in [5.41, 5.74) is 2.02. The molecule has 0 saturated heterocycles. The van der Waals surface area contributed by atoms with Gasteiger partial charge in [0.05, 0.1) is 0 Å². The van der Waals surface area contributed by atoms with Crippen LogP contribution in [0.25, 0.3) is 6.08 Å². The maximum Gasteiger partial charge on any atom is 0.244 e.